The second-order valence-corrected chi connectivity index (χ2v) is 7.65. The van der Waals surface area contributed by atoms with Gasteiger partial charge in [0.05, 0.1) is 43.4 Å². The molecule has 0 aliphatic carbocycles. The molecule has 1 saturated heterocycles. The summed E-state index contributed by atoms with van der Waals surface area (Å²) in [5.41, 5.74) is -0.0228. The number of hydrogen-bond donors (Lipinski definition) is 2. The van der Waals surface area contributed by atoms with Crippen molar-refractivity contribution in [3.05, 3.63) is 58.6 Å². The zero-order valence-electron chi connectivity index (χ0n) is 17.8. The Bertz CT molecular complexity index is 1240. The third kappa shape index (κ3) is 5.26. The Labute approximate surface area is 190 Å². The fourth-order valence-corrected chi connectivity index (χ4v) is 3.31. The summed E-state index contributed by atoms with van der Waals surface area (Å²) >= 11 is 0. The monoisotopic (exact) mass is 479 g/mol. The number of halogens is 3. The first-order valence-corrected chi connectivity index (χ1v) is 10.1. The average molecular weight is 479 g/mol. The molecule has 180 valence electrons. The van der Waals surface area contributed by atoms with Gasteiger partial charge in [0.2, 0.25) is 0 Å². The molecule has 0 saturated carbocycles. The lowest BCUT2D eigenvalue weighted by Crippen LogP contribution is -2.44. The molecule has 2 N–H and O–H groups in total. The number of hydrogen-bond acceptors (Lipinski definition) is 7. The number of aryl methyl sites for hydroxylation is 1. The Kier molecular flexibility index (Phi) is 6.39. The van der Waals surface area contributed by atoms with Gasteiger partial charge in [0, 0.05) is 12.6 Å². The van der Waals surface area contributed by atoms with E-state index < -0.39 is 36.4 Å². The van der Waals surface area contributed by atoms with E-state index in [0.29, 0.717) is 11.3 Å². The van der Waals surface area contributed by atoms with Crippen LogP contribution >= 0.6 is 0 Å². The molecule has 1 aromatic carbocycles. The Morgan fingerprint density at radius 3 is 2.62 bits per heavy atom. The zero-order chi connectivity index (χ0) is 24.5. The predicted molar refractivity (Wildman–Crippen MR) is 112 cm³/mol. The van der Waals surface area contributed by atoms with E-state index in [0.717, 1.165) is 4.68 Å². The molecule has 2 aromatic heterocycles. The highest BCUT2D eigenvalue weighted by Crippen LogP contribution is 2.23. The molecule has 34 heavy (non-hydrogen) atoms. The maximum atomic E-state index is 13.1. The van der Waals surface area contributed by atoms with Crippen molar-refractivity contribution in [3.63, 3.8) is 0 Å². The van der Waals surface area contributed by atoms with Crippen LogP contribution in [0.2, 0.25) is 0 Å². The van der Waals surface area contributed by atoms with Crippen molar-refractivity contribution in [1.29, 1.82) is 0 Å². The summed E-state index contributed by atoms with van der Waals surface area (Å²) in [5, 5.41) is 20.8. The summed E-state index contributed by atoms with van der Waals surface area (Å²) in [6, 6.07) is 6.17. The topological polar surface area (TPSA) is 121 Å². The number of aliphatic hydroxyl groups excluding tert-OH is 1. The smallest absolute Gasteiger partial charge is 0.422 e. The number of alkyl halides is 3. The SMILES string of the molecule is Cn1cc(-n2nc(-c3ccc(OCC(F)(F)F)cc3)cc(C(=O)N[C@@H]3COC[C@@H]3O)c2=O)cn1. The molecule has 3 heterocycles. The average Bonchev–Trinajstić information content (AvgIpc) is 3.40. The molecule has 13 heteroatoms. The second-order valence-electron chi connectivity index (χ2n) is 7.65. The van der Waals surface area contributed by atoms with Crippen LogP contribution in [0.3, 0.4) is 0 Å². The number of nitrogens with one attached hydrogen (secondary N) is 1. The van der Waals surface area contributed by atoms with Crippen LogP contribution < -0.4 is 15.6 Å². The molecule has 1 fully saturated rings. The van der Waals surface area contributed by atoms with Gasteiger partial charge in [0.25, 0.3) is 11.5 Å². The van der Waals surface area contributed by atoms with Crippen molar-refractivity contribution in [3.8, 4) is 22.7 Å². The maximum absolute atomic E-state index is 13.1. The van der Waals surface area contributed by atoms with Gasteiger partial charge in [0.15, 0.2) is 6.61 Å². The minimum atomic E-state index is -4.47. The number of rotatable bonds is 6. The quantitative estimate of drug-likeness (QED) is 0.543. The molecule has 0 spiro atoms. The van der Waals surface area contributed by atoms with Crippen LogP contribution in [0.15, 0.2) is 47.5 Å². The van der Waals surface area contributed by atoms with Crippen LogP contribution in [0, 0.1) is 0 Å². The van der Waals surface area contributed by atoms with Crippen molar-refractivity contribution in [2.24, 2.45) is 7.05 Å². The van der Waals surface area contributed by atoms with Crippen LogP contribution in [0.1, 0.15) is 10.4 Å². The van der Waals surface area contributed by atoms with Gasteiger partial charge >= 0.3 is 6.18 Å². The normalized spacial score (nSPS) is 18.1. The second kappa shape index (κ2) is 9.27. The van der Waals surface area contributed by atoms with E-state index in [1.54, 1.807) is 7.05 Å². The molecule has 3 aromatic rings. The fraction of sp³-hybridized carbons (Fsp3) is 0.333. The molecule has 0 bridgehead atoms. The van der Waals surface area contributed by atoms with Crippen molar-refractivity contribution < 1.29 is 32.5 Å². The highest BCUT2D eigenvalue weighted by Gasteiger charge is 2.30. The number of nitrogens with zero attached hydrogens (tertiary/aromatic N) is 4. The van der Waals surface area contributed by atoms with Gasteiger partial charge in [-0.05, 0) is 30.3 Å². The number of aromatic nitrogens is 4. The number of carbonyl (C=O) groups excluding carboxylic acids is 1. The standard InChI is InChI=1S/C21H20F3N5O5/c1-28-8-13(7-25-28)29-20(32)15(19(31)26-17-9-33-10-18(17)30)6-16(27-29)12-2-4-14(5-3-12)34-11-21(22,23)24/h2-8,17-18,30H,9-11H2,1H3,(H,26,31)/t17-,18+/m1/s1. The molecule has 1 amide bonds. The lowest BCUT2D eigenvalue weighted by atomic mass is 10.1. The summed E-state index contributed by atoms with van der Waals surface area (Å²) in [4.78, 5) is 26.0. The van der Waals surface area contributed by atoms with Crippen LogP contribution in [0.25, 0.3) is 16.9 Å². The summed E-state index contributed by atoms with van der Waals surface area (Å²) in [5.74, 6) is -0.735. The first kappa shape index (κ1) is 23.4. The van der Waals surface area contributed by atoms with Gasteiger partial charge in [-0.15, -0.1) is 0 Å². The van der Waals surface area contributed by atoms with Crippen LogP contribution in [0.5, 0.6) is 5.75 Å². The molecular formula is C21H20F3N5O5. The molecule has 4 rings (SSSR count). The van der Waals surface area contributed by atoms with E-state index in [-0.39, 0.29) is 30.2 Å². The summed E-state index contributed by atoms with van der Waals surface area (Å²) in [6.45, 7) is -1.27. The number of carbonyl (C=O) groups is 1. The van der Waals surface area contributed by atoms with E-state index in [1.807, 2.05) is 0 Å². The Morgan fingerprint density at radius 2 is 2.03 bits per heavy atom. The maximum Gasteiger partial charge on any atom is 0.422 e. The largest absolute Gasteiger partial charge is 0.484 e. The van der Waals surface area contributed by atoms with Crippen LogP contribution in [-0.4, -0.2) is 68.7 Å². The van der Waals surface area contributed by atoms with Gasteiger partial charge in [-0.2, -0.15) is 28.1 Å². The number of benzene rings is 1. The Hall–Kier alpha value is -3.71. The third-order valence-electron chi connectivity index (χ3n) is 5.01. The van der Waals surface area contributed by atoms with Gasteiger partial charge in [-0.3, -0.25) is 14.3 Å². The van der Waals surface area contributed by atoms with Crippen LogP contribution in [0.4, 0.5) is 13.2 Å². The zero-order valence-corrected chi connectivity index (χ0v) is 17.8. The van der Waals surface area contributed by atoms with Crippen molar-refractivity contribution >= 4 is 5.91 Å². The van der Waals surface area contributed by atoms with Gasteiger partial charge in [-0.1, -0.05) is 0 Å². The highest BCUT2D eigenvalue weighted by molar-refractivity contribution is 5.95. The number of aliphatic hydroxyl groups is 1. The first-order valence-electron chi connectivity index (χ1n) is 10.1. The van der Waals surface area contributed by atoms with E-state index in [1.165, 1.54) is 47.4 Å². The van der Waals surface area contributed by atoms with E-state index in [9.17, 15) is 27.9 Å². The van der Waals surface area contributed by atoms with Crippen molar-refractivity contribution in [2.45, 2.75) is 18.3 Å². The molecular weight excluding hydrogens is 459 g/mol. The summed E-state index contributed by atoms with van der Waals surface area (Å²) < 4.78 is 49.5. The lowest BCUT2D eigenvalue weighted by Gasteiger charge is -2.15. The van der Waals surface area contributed by atoms with Crippen LogP contribution in [-0.2, 0) is 11.8 Å². The predicted octanol–water partition coefficient (Wildman–Crippen LogP) is 1.06. The highest BCUT2D eigenvalue weighted by atomic mass is 19.4. The Morgan fingerprint density at radius 1 is 1.29 bits per heavy atom. The molecule has 10 nitrogen and oxygen atoms in total. The summed E-state index contributed by atoms with van der Waals surface area (Å²) in [7, 11) is 1.65. The first-order chi connectivity index (χ1) is 16.1. The molecule has 1 aliphatic heterocycles. The van der Waals surface area contributed by atoms with E-state index >= 15 is 0 Å². The number of amides is 1. The Balaban J connectivity index is 1.70. The fourth-order valence-electron chi connectivity index (χ4n) is 3.31. The number of ether oxygens (including phenoxy) is 2. The van der Waals surface area contributed by atoms with Gasteiger partial charge in [0.1, 0.15) is 17.0 Å². The lowest BCUT2D eigenvalue weighted by molar-refractivity contribution is -0.153. The molecule has 1 aliphatic rings. The van der Waals surface area contributed by atoms with E-state index in [4.69, 9.17) is 9.47 Å². The summed E-state index contributed by atoms with van der Waals surface area (Å²) in [6.07, 6.45) is -2.46. The van der Waals surface area contributed by atoms with E-state index in [2.05, 4.69) is 15.5 Å². The molecule has 2 atom stereocenters. The molecule has 0 unspecified atom stereocenters. The van der Waals surface area contributed by atoms with Gasteiger partial charge in [-0.25, -0.2) is 0 Å². The third-order valence-corrected chi connectivity index (χ3v) is 5.01. The minimum absolute atomic E-state index is 0.00477. The van der Waals surface area contributed by atoms with Crippen molar-refractivity contribution in [1.82, 2.24) is 24.9 Å². The van der Waals surface area contributed by atoms with Crippen molar-refractivity contribution in [2.75, 3.05) is 19.8 Å². The molecule has 0 radical (unpaired) electrons. The minimum Gasteiger partial charge on any atom is -0.484 e. The van der Waals surface area contributed by atoms with Gasteiger partial charge < -0.3 is 19.9 Å².